The number of fused-ring (bicyclic) bond motifs is 1. The standard InChI is InChI=1S/C25H20N10O/c1-15-12-35(14-29-15)24-19-9-20(31-23(19)27-13-28-24)16-4-6-18(7-5-16)30-25(36)32-22-10-21(33-34-22)17-3-2-8-26-11-17/h2-14H,1H3,(H,27,28,31)(H3,30,32,33,34,36). The lowest BCUT2D eigenvalue weighted by Gasteiger charge is -2.06. The summed E-state index contributed by atoms with van der Waals surface area (Å²) in [5.74, 6) is 1.23. The van der Waals surface area contributed by atoms with Crippen LogP contribution in [0.5, 0.6) is 0 Å². The number of pyridine rings is 1. The fourth-order valence-electron chi connectivity index (χ4n) is 3.89. The summed E-state index contributed by atoms with van der Waals surface area (Å²) >= 11 is 0. The zero-order valence-corrected chi connectivity index (χ0v) is 19.1. The maximum atomic E-state index is 12.5. The van der Waals surface area contributed by atoms with Gasteiger partial charge in [0.15, 0.2) is 5.82 Å². The SMILES string of the molecule is Cc1cn(-c2ncnc3[nH]c(-c4ccc(NC(=O)Nc5cc(-c6cccnc6)n[nH]5)cc4)cc23)cn1. The van der Waals surface area contributed by atoms with Crippen molar-refractivity contribution >= 4 is 28.6 Å². The highest BCUT2D eigenvalue weighted by Crippen LogP contribution is 2.27. The number of benzene rings is 1. The highest BCUT2D eigenvalue weighted by Gasteiger charge is 2.12. The van der Waals surface area contributed by atoms with Crippen molar-refractivity contribution in [3.8, 4) is 28.3 Å². The molecule has 11 nitrogen and oxygen atoms in total. The molecule has 0 bridgehead atoms. The van der Waals surface area contributed by atoms with Gasteiger partial charge in [-0.15, -0.1) is 0 Å². The summed E-state index contributed by atoms with van der Waals surface area (Å²) in [4.78, 5) is 33.0. The predicted octanol–water partition coefficient (Wildman–Crippen LogP) is 4.55. The normalized spacial score (nSPS) is 11.0. The number of aromatic amines is 2. The van der Waals surface area contributed by atoms with Gasteiger partial charge in [0.2, 0.25) is 0 Å². The largest absolute Gasteiger partial charge is 0.339 e. The Kier molecular flexibility index (Phi) is 5.19. The smallest absolute Gasteiger partial charge is 0.324 e. The number of hydrogen-bond donors (Lipinski definition) is 4. The van der Waals surface area contributed by atoms with Crippen molar-refractivity contribution in [3.63, 3.8) is 0 Å². The molecule has 6 rings (SSSR count). The molecule has 0 aliphatic rings. The molecule has 0 aliphatic carbocycles. The van der Waals surface area contributed by atoms with E-state index in [4.69, 9.17) is 0 Å². The molecule has 0 unspecified atom stereocenters. The maximum absolute atomic E-state index is 12.5. The summed E-state index contributed by atoms with van der Waals surface area (Å²) < 4.78 is 1.88. The Morgan fingerprint density at radius 3 is 2.67 bits per heavy atom. The zero-order chi connectivity index (χ0) is 24.5. The van der Waals surface area contributed by atoms with Gasteiger partial charge in [-0.05, 0) is 42.8 Å². The first-order valence-corrected chi connectivity index (χ1v) is 11.1. The third-order valence-electron chi connectivity index (χ3n) is 5.60. The number of rotatable bonds is 5. The number of urea groups is 1. The summed E-state index contributed by atoms with van der Waals surface area (Å²) in [5.41, 5.74) is 5.67. The van der Waals surface area contributed by atoms with Crippen molar-refractivity contribution in [3.05, 3.63) is 85.5 Å². The van der Waals surface area contributed by atoms with Crippen LogP contribution < -0.4 is 10.6 Å². The van der Waals surface area contributed by atoms with Crippen LogP contribution >= 0.6 is 0 Å². The van der Waals surface area contributed by atoms with Crippen LogP contribution in [0, 0.1) is 6.92 Å². The van der Waals surface area contributed by atoms with Gasteiger partial charge in [-0.1, -0.05) is 12.1 Å². The number of hydrogen-bond acceptors (Lipinski definition) is 6. The number of nitrogens with one attached hydrogen (secondary N) is 4. The minimum Gasteiger partial charge on any atom is -0.339 e. The first-order valence-electron chi connectivity index (χ1n) is 11.1. The second-order valence-electron chi connectivity index (χ2n) is 8.13. The van der Waals surface area contributed by atoms with Crippen LogP contribution in [0.4, 0.5) is 16.3 Å². The number of imidazole rings is 1. The van der Waals surface area contributed by atoms with E-state index in [0.717, 1.165) is 39.4 Å². The first-order chi connectivity index (χ1) is 17.6. The van der Waals surface area contributed by atoms with Crippen molar-refractivity contribution in [2.75, 3.05) is 10.6 Å². The quantitative estimate of drug-likeness (QED) is 0.288. The third kappa shape index (κ3) is 4.16. The lowest BCUT2D eigenvalue weighted by atomic mass is 10.1. The third-order valence-corrected chi connectivity index (χ3v) is 5.60. The number of aromatic nitrogens is 8. The van der Waals surface area contributed by atoms with Crippen molar-refractivity contribution < 1.29 is 4.79 Å². The Hall–Kier alpha value is -5.32. The second kappa shape index (κ2) is 8.80. The zero-order valence-electron chi connectivity index (χ0n) is 19.1. The summed E-state index contributed by atoms with van der Waals surface area (Å²) in [6.07, 6.45) is 8.58. The van der Waals surface area contributed by atoms with Gasteiger partial charge in [0.25, 0.3) is 0 Å². The molecule has 11 heteroatoms. The number of anilines is 2. The van der Waals surface area contributed by atoms with Crippen LogP contribution in [-0.4, -0.2) is 45.7 Å². The van der Waals surface area contributed by atoms with Crippen LogP contribution in [0.25, 0.3) is 39.4 Å². The fourth-order valence-corrected chi connectivity index (χ4v) is 3.89. The van der Waals surface area contributed by atoms with Gasteiger partial charge in [0.05, 0.1) is 16.8 Å². The molecule has 6 aromatic rings. The molecule has 36 heavy (non-hydrogen) atoms. The van der Waals surface area contributed by atoms with E-state index in [1.54, 1.807) is 24.8 Å². The molecule has 2 amide bonds. The van der Waals surface area contributed by atoms with Gasteiger partial charge in [-0.2, -0.15) is 5.10 Å². The lowest BCUT2D eigenvalue weighted by molar-refractivity contribution is 0.262. The van der Waals surface area contributed by atoms with Crippen LogP contribution in [0.1, 0.15) is 5.69 Å². The average Bonchev–Trinajstić information content (AvgIpc) is 3.64. The lowest BCUT2D eigenvalue weighted by Crippen LogP contribution is -2.19. The Balaban J connectivity index is 1.16. The molecule has 0 radical (unpaired) electrons. The molecule has 5 heterocycles. The molecule has 0 aliphatic heterocycles. The molecule has 0 atom stereocenters. The van der Waals surface area contributed by atoms with E-state index in [1.165, 1.54) is 6.33 Å². The number of nitrogens with zero attached hydrogens (tertiary/aromatic N) is 6. The van der Waals surface area contributed by atoms with E-state index in [-0.39, 0.29) is 6.03 Å². The molecule has 4 N–H and O–H groups in total. The molecule has 0 saturated heterocycles. The van der Waals surface area contributed by atoms with Crippen molar-refractivity contribution in [1.82, 2.24) is 39.7 Å². The molecule has 0 saturated carbocycles. The minimum atomic E-state index is -0.384. The van der Waals surface area contributed by atoms with E-state index in [2.05, 4.69) is 45.8 Å². The minimum absolute atomic E-state index is 0.384. The van der Waals surface area contributed by atoms with E-state index in [0.29, 0.717) is 17.2 Å². The summed E-state index contributed by atoms with van der Waals surface area (Å²) in [6, 6.07) is 14.6. The van der Waals surface area contributed by atoms with Crippen LogP contribution in [0.3, 0.4) is 0 Å². The summed E-state index contributed by atoms with van der Waals surface area (Å²) in [6.45, 7) is 1.93. The van der Waals surface area contributed by atoms with E-state index in [9.17, 15) is 4.79 Å². The topological polar surface area (TPSA) is 142 Å². The molecule has 0 fully saturated rings. The van der Waals surface area contributed by atoms with Crippen molar-refractivity contribution in [1.29, 1.82) is 0 Å². The highest BCUT2D eigenvalue weighted by atomic mass is 16.2. The monoisotopic (exact) mass is 476 g/mol. The maximum Gasteiger partial charge on any atom is 0.324 e. The van der Waals surface area contributed by atoms with Gasteiger partial charge in [-0.3, -0.25) is 20.0 Å². The molecular formula is C25H20N10O. The van der Waals surface area contributed by atoms with E-state index < -0.39 is 0 Å². The van der Waals surface area contributed by atoms with Crippen molar-refractivity contribution in [2.45, 2.75) is 6.92 Å². The number of carbonyl (C=O) groups excluding carboxylic acids is 1. The van der Waals surface area contributed by atoms with Gasteiger partial charge in [-0.25, -0.2) is 19.7 Å². The van der Waals surface area contributed by atoms with E-state index >= 15 is 0 Å². The Bertz CT molecular complexity index is 1660. The molecule has 0 spiro atoms. The van der Waals surface area contributed by atoms with Crippen molar-refractivity contribution in [2.24, 2.45) is 0 Å². The molecule has 1 aromatic carbocycles. The average molecular weight is 477 g/mol. The first kappa shape index (κ1) is 21.2. The number of amides is 2. The van der Waals surface area contributed by atoms with Gasteiger partial charge < -0.3 is 10.3 Å². The predicted molar refractivity (Wildman–Crippen MR) is 136 cm³/mol. The highest BCUT2D eigenvalue weighted by molar-refractivity contribution is 5.99. The summed E-state index contributed by atoms with van der Waals surface area (Å²) in [5, 5.41) is 13.5. The molecule has 176 valence electrons. The van der Waals surface area contributed by atoms with Crippen LogP contribution in [0.2, 0.25) is 0 Å². The van der Waals surface area contributed by atoms with Gasteiger partial charge >= 0.3 is 6.03 Å². The van der Waals surface area contributed by atoms with Gasteiger partial charge in [0, 0.05) is 41.6 Å². The molecule has 5 aromatic heterocycles. The van der Waals surface area contributed by atoms with Crippen LogP contribution in [0.15, 0.2) is 79.8 Å². The Morgan fingerprint density at radius 2 is 1.89 bits per heavy atom. The second-order valence-corrected chi connectivity index (χ2v) is 8.13. The number of carbonyl (C=O) groups is 1. The number of aryl methyl sites for hydroxylation is 1. The van der Waals surface area contributed by atoms with E-state index in [1.807, 2.05) is 60.2 Å². The Morgan fingerprint density at radius 1 is 1.00 bits per heavy atom. The summed E-state index contributed by atoms with van der Waals surface area (Å²) in [7, 11) is 0. The fraction of sp³-hybridized carbons (Fsp3) is 0.0400. The van der Waals surface area contributed by atoms with Crippen LogP contribution in [-0.2, 0) is 0 Å². The molecular weight excluding hydrogens is 456 g/mol. The number of H-pyrrole nitrogens is 2. The Labute approximate surface area is 204 Å². The van der Waals surface area contributed by atoms with Gasteiger partial charge in [0.1, 0.15) is 24.1 Å².